The zero-order chi connectivity index (χ0) is 21.7. The summed E-state index contributed by atoms with van der Waals surface area (Å²) < 4.78 is 0. The number of hydrogen-bond acceptors (Lipinski definition) is 4. The number of para-hydroxylation sites is 2. The Bertz CT molecular complexity index is 1120. The van der Waals surface area contributed by atoms with Crippen LogP contribution >= 0.6 is 0 Å². The summed E-state index contributed by atoms with van der Waals surface area (Å²) in [5.74, 6) is -2.45. The van der Waals surface area contributed by atoms with Gasteiger partial charge >= 0.3 is 0 Å². The third-order valence-corrected chi connectivity index (χ3v) is 6.72. The quantitative estimate of drug-likeness (QED) is 0.569. The van der Waals surface area contributed by atoms with E-state index in [9.17, 15) is 19.2 Å². The summed E-state index contributed by atoms with van der Waals surface area (Å²) in [5, 5.41) is 0. The van der Waals surface area contributed by atoms with Crippen molar-refractivity contribution in [3.05, 3.63) is 71.8 Å². The summed E-state index contributed by atoms with van der Waals surface area (Å²) in [6.45, 7) is 1.84. The van der Waals surface area contributed by atoms with Crippen molar-refractivity contribution in [2.45, 2.75) is 26.2 Å². The van der Waals surface area contributed by atoms with Gasteiger partial charge in [-0.3, -0.25) is 24.1 Å². The van der Waals surface area contributed by atoms with E-state index in [4.69, 9.17) is 0 Å². The molecule has 0 spiro atoms. The zero-order valence-corrected chi connectivity index (χ0v) is 17.2. The maximum Gasteiger partial charge on any atom is 0.241 e. The average Bonchev–Trinajstić information content (AvgIpc) is 3.22. The molecule has 1 aliphatic carbocycles. The van der Waals surface area contributed by atoms with E-state index in [1.54, 1.807) is 48.5 Å². The molecule has 2 saturated heterocycles. The number of benzene rings is 2. The molecular formula is C25H22N2O4. The number of carbonyl (C=O) groups is 4. The first-order chi connectivity index (χ1) is 15.0. The Balaban J connectivity index is 1.48. The van der Waals surface area contributed by atoms with Crippen LogP contribution in [0.3, 0.4) is 0 Å². The second-order valence-electron chi connectivity index (χ2n) is 8.34. The van der Waals surface area contributed by atoms with Gasteiger partial charge in [0.25, 0.3) is 0 Å². The first kappa shape index (κ1) is 19.4. The first-order valence-electron chi connectivity index (χ1n) is 10.5. The molecule has 3 aliphatic rings. The second-order valence-corrected chi connectivity index (χ2v) is 8.34. The van der Waals surface area contributed by atoms with Crippen molar-refractivity contribution in [3.63, 3.8) is 0 Å². The van der Waals surface area contributed by atoms with Gasteiger partial charge in [-0.05, 0) is 44.0 Å². The Labute approximate surface area is 180 Å². The number of amides is 4. The largest absolute Gasteiger partial charge is 0.274 e. The van der Waals surface area contributed by atoms with Crippen LogP contribution in [0.1, 0.15) is 26.2 Å². The molecule has 31 heavy (non-hydrogen) atoms. The van der Waals surface area contributed by atoms with E-state index in [0.29, 0.717) is 24.2 Å². The normalized spacial score (nSPS) is 26.2. The highest BCUT2D eigenvalue weighted by molar-refractivity contribution is 6.24. The SMILES string of the molecule is CC1=C([C@@H]2CC(=O)N(c3ccccc3)C2=O)CC[C@H]2C(=O)N(c3ccccc3)C(=O)[C@@H]12. The number of nitrogens with zero attached hydrogens (tertiary/aromatic N) is 2. The number of fused-ring (bicyclic) bond motifs is 1. The van der Waals surface area contributed by atoms with Gasteiger partial charge in [0.05, 0.1) is 29.1 Å². The summed E-state index contributed by atoms with van der Waals surface area (Å²) in [7, 11) is 0. The average molecular weight is 414 g/mol. The van der Waals surface area contributed by atoms with Gasteiger partial charge in [-0.1, -0.05) is 47.5 Å². The van der Waals surface area contributed by atoms with Gasteiger partial charge in [-0.15, -0.1) is 0 Å². The molecule has 6 nitrogen and oxygen atoms in total. The van der Waals surface area contributed by atoms with Gasteiger partial charge in [-0.2, -0.15) is 0 Å². The molecule has 6 heteroatoms. The van der Waals surface area contributed by atoms with Crippen LogP contribution in [0.5, 0.6) is 0 Å². The van der Waals surface area contributed by atoms with Crippen LogP contribution in [0, 0.1) is 17.8 Å². The lowest BCUT2D eigenvalue weighted by Gasteiger charge is -2.28. The number of hydrogen-bond donors (Lipinski definition) is 0. The van der Waals surface area contributed by atoms with Crippen molar-refractivity contribution in [1.29, 1.82) is 0 Å². The van der Waals surface area contributed by atoms with E-state index in [0.717, 1.165) is 11.1 Å². The highest BCUT2D eigenvalue weighted by atomic mass is 16.2. The number of imide groups is 2. The Hall–Kier alpha value is -3.54. The molecular weight excluding hydrogens is 392 g/mol. The minimum atomic E-state index is -0.567. The fourth-order valence-corrected chi connectivity index (χ4v) is 5.25. The lowest BCUT2D eigenvalue weighted by Crippen LogP contribution is -2.32. The van der Waals surface area contributed by atoms with Crippen LogP contribution < -0.4 is 9.80 Å². The third kappa shape index (κ3) is 2.93. The summed E-state index contributed by atoms with van der Waals surface area (Å²) in [5.41, 5.74) is 2.75. The molecule has 0 saturated carbocycles. The highest BCUT2D eigenvalue weighted by Crippen LogP contribution is 2.46. The van der Waals surface area contributed by atoms with Crippen molar-refractivity contribution in [3.8, 4) is 0 Å². The lowest BCUT2D eigenvalue weighted by atomic mass is 9.73. The fraction of sp³-hybridized carbons (Fsp3) is 0.280. The van der Waals surface area contributed by atoms with E-state index in [-0.39, 0.29) is 30.0 Å². The first-order valence-corrected chi connectivity index (χ1v) is 10.5. The summed E-state index contributed by atoms with van der Waals surface area (Å²) >= 11 is 0. The molecule has 2 aromatic carbocycles. The standard InChI is InChI=1S/C25H22N2O4/c1-15-18(20-14-21(28)26(24(20)30)16-8-4-2-5-9-16)12-13-19-22(15)25(31)27(23(19)29)17-10-6-3-7-11-17/h2-11,19-20,22H,12-14H2,1H3/t19-,20+,22+/m1/s1. The van der Waals surface area contributed by atoms with Gasteiger partial charge < -0.3 is 0 Å². The minimum absolute atomic E-state index is 0.0995. The Morgan fingerprint density at radius 1 is 0.742 bits per heavy atom. The van der Waals surface area contributed by atoms with E-state index in [2.05, 4.69) is 0 Å². The Morgan fingerprint density at radius 3 is 1.94 bits per heavy atom. The molecule has 2 aliphatic heterocycles. The fourth-order valence-electron chi connectivity index (χ4n) is 5.25. The summed E-state index contributed by atoms with van der Waals surface area (Å²) in [6, 6.07) is 17.8. The van der Waals surface area contributed by atoms with Crippen LogP contribution in [0.4, 0.5) is 11.4 Å². The van der Waals surface area contributed by atoms with E-state index < -0.39 is 17.8 Å². The Kier molecular flexibility index (Phi) is 4.58. The summed E-state index contributed by atoms with van der Waals surface area (Å²) in [4.78, 5) is 54.7. The van der Waals surface area contributed by atoms with Crippen molar-refractivity contribution in [1.82, 2.24) is 0 Å². The monoisotopic (exact) mass is 414 g/mol. The van der Waals surface area contributed by atoms with Crippen molar-refractivity contribution in [2.24, 2.45) is 17.8 Å². The molecule has 0 bridgehead atoms. The van der Waals surface area contributed by atoms with Crippen molar-refractivity contribution >= 4 is 35.0 Å². The highest BCUT2D eigenvalue weighted by Gasteiger charge is 2.53. The molecule has 4 amide bonds. The number of carbonyl (C=O) groups excluding carboxylic acids is 4. The second kappa shape index (κ2) is 7.30. The molecule has 0 radical (unpaired) electrons. The molecule has 3 atom stereocenters. The van der Waals surface area contributed by atoms with E-state index in [1.807, 2.05) is 19.1 Å². The Morgan fingerprint density at radius 2 is 1.32 bits per heavy atom. The molecule has 2 fully saturated rings. The maximum atomic E-state index is 13.3. The van der Waals surface area contributed by atoms with Gasteiger partial charge in [0.2, 0.25) is 23.6 Å². The molecule has 0 aromatic heterocycles. The summed E-state index contributed by atoms with van der Waals surface area (Å²) in [6.07, 6.45) is 1.15. The molecule has 2 heterocycles. The number of rotatable bonds is 3. The van der Waals surface area contributed by atoms with Crippen molar-refractivity contribution in [2.75, 3.05) is 9.80 Å². The van der Waals surface area contributed by atoms with E-state index >= 15 is 0 Å². The predicted octanol–water partition coefficient (Wildman–Crippen LogP) is 3.48. The number of anilines is 2. The smallest absolute Gasteiger partial charge is 0.241 e. The van der Waals surface area contributed by atoms with Crippen LogP contribution in [-0.2, 0) is 19.2 Å². The molecule has 5 rings (SSSR count). The lowest BCUT2D eigenvalue weighted by molar-refractivity contribution is -0.123. The zero-order valence-electron chi connectivity index (χ0n) is 17.2. The molecule has 0 unspecified atom stereocenters. The molecule has 2 aromatic rings. The topological polar surface area (TPSA) is 74.8 Å². The van der Waals surface area contributed by atoms with Crippen LogP contribution in [0.25, 0.3) is 0 Å². The molecule has 0 N–H and O–H groups in total. The van der Waals surface area contributed by atoms with Gasteiger partial charge in [-0.25, -0.2) is 4.90 Å². The van der Waals surface area contributed by atoms with Crippen LogP contribution in [-0.4, -0.2) is 23.6 Å². The minimum Gasteiger partial charge on any atom is -0.274 e. The van der Waals surface area contributed by atoms with Crippen LogP contribution in [0.2, 0.25) is 0 Å². The van der Waals surface area contributed by atoms with Gasteiger partial charge in [0.15, 0.2) is 0 Å². The predicted molar refractivity (Wildman–Crippen MR) is 115 cm³/mol. The molecule has 156 valence electrons. The van der Waals surface area contributed by atoms with Crippen molar-refractivity contribution < 1.29 is 19.2 Å². The van der Waals surface area contributed by atoms with E-state index in [1.165, 1.54) is 9.80 Å². The third-order valence-electron chi connectivity index (χ3n) is 6.72. The van der Waals surface area contributed by atoms with Crippen LogP contribution in [0.15, 0.2) is 71.8 Å². The maximum absolute atomic E-state index is 13.3. The van der Waals surface area contributed by atoms with Gasteiger partial charge in [0.1, 0.15) is 0 Å². The van der Waals surface area contributed by atoms with Gasteiger partial charge in [0, 0.05) is 6.42 Å².